The van der Waals surface area contributed by atoms with Crippen LogP contribution in [0.4, 0.5) is 0 Å². The van der Waals surface area contributed by atoms with Gasteiger partial charge in [-0.1, -0.05) is 85.2 Å². The van der Waals surface area contributed by atoms with Gasteiger partial charge in [-0.2, -0.15) is 0 Å². The maximum Gasteiger partial charge on any atom is 0.0999 e. The van der Waals surface area contributed by atoms with Crippen LogP contribution in [0, 0.1) is 29.6 Å². The summed E-state index contributed by atoms with van der Waals surface area (Å²) in [5, 5.41) is -0.0477. The summed E-state index contributed by atoms with van der Waals surface area (Å²) in [6.07, 6.45) is 25.0. The van der Waals surface area contributed by atoms with Gasteiger partial charge in [-0.3, -0.25) is 0 Å². The average Bonchev–Trinajstić information content (AvgIpc) is 3.40. The topological polar surface area (TPSA) is 9.23 Å². The van der Waals surface area contributed by atoms with Crippen LogP contribution >= 0.6 is 11.6 Å². The first-order valence-corrected chi connectivity index (χ1v) is 13.8. The highest BCUT2D eigenvalue weighted by Crippen LogP contribution is 2.68. The van der Waals surface area contributed by atoms with Crippen LogP contribution in [0.3, 0.4) is 0 Å². The molecule has 0 N–H and O–H groups in total. The van der Waals surface area contributed by atoms with E-state index < -0.39 is 0 Å². The van der Waals surface area contributed by atoms with Crippen LogP contribution in [0.1, 0.15) is 56.9 Å². The average molecular weight is 459 g/mol. The summed E-state index contributed by atoms with van der Waals surface area (Å²) in [5.41, 5.74) is 5.11. The number of benzene rings is 1. The molecule has 9 unspecified atom stereocenters. The number of hydrogen-bond acceptors (Lipinski definition) is 1. The van der Waals surface area contributed by atoms with E-state index in [-0.39, 0.29) is 23.0 Å². The molecule has 7 rings (SSSR count). The number of fused-ring (bicyclic) bond motifs is 6. The molecular formula is C31H35ClO. The van der Waals surface area contributed by atoms with Crippen molar-refractivity contribution >= 4 is 11.6 Å². The third-order valence-corrected chi connectivity index (χ3v) is 10.5. The molecule has 2 heteroatoms. The monoisotopic (exact) mass is 458 g/mol. The second kappa shape index (κ2) is 7.99. The van der Waals surface area contributed by atoms with E-state index in [1.54, 1.807) is 5.56 Å². The molecule has 9 atom stereocenters. The number of allylic oxidation sites excluding steroid dienone is 5. The van der Waals surface area contributed by atoms with Gasteiger partial charge in [-0.25, -0.2) is 0 Å². The lowest BCUT2D eigenvalue weighted by Crippen LogP contribution is -2.51. The SMILES string of the molecule is ClC1C=CC=C2C1OC1C=CCC(C3(c4ccccc4)C4CCCC=C4C4CCCCC43)C21. The number of hydrogen-bond donors (Lipinski definition) is 0. The first-order chi connectivity index (χ1) is 16.3. The maximum absolute atomic E-state index is 6.78. The highest BCUT2D eigenvalue weighted by Gasteiger charge is 2.64. The molecule has 33 heavy (non-hydrogen) atoms. The van der Waals surface area contributed by atoms with E-state index >= 15 is 0 Å². The molecule has 0 amide bonds. The molecule has 1 aromatic carbocycles. The zero-order valence-corrected chi connectivity index (χ0v) is 20.2. The van der Waals surface area contributed by atoms with Crippen LogP contribution in [-0.2, 0) is 10.2 Å². The minimum absolute atomic E-state index is 0.0367. The summed E-state index contributed by atoms with van der Waals surface area (Å²) in [4.78, 5) is 0. The molecule has 0 bridgehead atoms. The Balaban J connectivity index is 1.45. The zero-order chi connectivity index (χ0) is 22.0. The van der Waals surface area contributed by atoms with E-state index in [2.05, 4.69) is 66.8 Å². The molecule has 1 aliphatic heterocycles. The largest absolute Gasteiger partial charge is 0.364 e. The van der Waals surface area contributed by atoms with Crippen molar-refractivity contribution in [3.8, 4) is 0 Å². The number of ether oxygens (including phenoxy) is 1. The minimum atomic E-state index is -0.0477. The smallest absolute Gasteiger partial charge is 0.0999 e. The lowest BCUT2D eigenvalue weighted by Gasteiger charge is -2.52. The molecule has 6 aliphatic rings. The quantitative estimate of drug-likeness (QED) is 0.328. The van der Waals surface area contributed by atoms with Crippen molar-refractivity contribution in [1.29, 1.82) is 0 Å². The zero-order valence-electron chi connectivity index (χ0n) is 19.4. The highest BCUT2D eigenvalue weighted by atomic mass is 35.5. The molecule has 1 heterocycles. The minimum Gasteiger partial charge on any atom is -0.364 e. The van der Waals surface area contributed by atoms with Crippen molar-refractivity contribution in [3.05, 3.63) is 83.5 Å². The second-order valence-corrected chi connectivity index (χ2v) is 11.8. The fourth-order valence-corrected chi connectivity index (χ4v) is 9.54. The van der Waals surface area contributed by atoms with Gasteiger partial charge in [0.15, 0.2) is 0 Å². The van der Waals surface area contributed by atoms with Crippen molar-refractivity contribution in [2.45, 2.75) is 74.4 Å². The molecule has 5 aliphatic carbocycles. The third kappa shape index (κ3) is 2.88. The molecule has 172 valence electrons. The Morgan fingerprint density at radius 3 is 2.70 bits per heavy atom. The van der Waals surface area contributed by atoms with Crippen molar-refractivity contribution in [1.82, 2.24) is 0 Å². The molecule has 3 fully saturated rings. The van der Waals surface area contributed by atoms with Crippen LogP contribution in [0.2, 0.25) is 0 Å². The molecule has 1 aromatic rings. The Kier molecular flexibility index (Phi) is 5.03. The van der Waals surface area contributed by atoms with Gasteiger partial charge in [0.1, 0.15) is 0 Å². The van der Waals surface area contributed by atoms with E-state index in [9.17, 15) is 0 Å². The number of rotatable bonds is 2. The maximum atomic E-state index is 6.78. The van der Waals surface area contributed by atoms with E-state index in [1.165, 1.54) is 50.5 Å². The van der Waals surface area contributed by atoms with E-state index in [4.69, 9.17) is 16.3 Å². The molecule has 1 saturated heterocycles. The summed E-state index contributed by atoms with van der Waals surface area (Å²) in [6, 6.07) is 11.7. The molecule has 0 radical (unpaired) electrons. The Hall–Kier alpha value is -1.57. The first-order valence-electron chi connectivity index (χ1n) is 13.4. The molecule has 0 aromatic heterocycles. The Morgan fingerprint density at radius 1 is 0.909 bits per heavy atom. The molecular weight excluding hydrogens is 424 g/mol. The van der Waals surface area contributed by atoms with Crippen molar-refractivity contribution in [3.63, 3.8) is 0 Å². The summed E-state index contributed by atoms with van der Waals surface area (Å²) in [5.74, 6) is 3.24. The Labute approximate surface area is 203 Å². The van der Waals surface area contributed by atoms with E-state index in [1.807, 2.05) is 5.57 Å². The lowest BCUT2D eigenvalue weighted by molar-refractivity contribution is 0.0196. The highest BCUT2D eigenvalue weighted by molar-refractivity contribution is 6.22. The van der Waals surface area contributed by atoms with Crippen LogP contribution in [0.5, 0.6) is 0 Å². The molecule has 2 saturated carbocycles. The molecule has 0 spiro atoms. The number of halogens is 1. The third-order valence-electron chi connectivity index (χ3n) is 10.1. The van der Waals surface area contributed by atoms with Gasteiger partial charge < -0.3 is 4.74 Å². The van der Waals surface area contributed by atoms with Gasteiger partial charge in [0.2, 0.25) is 0 Å². The second-order valence-electron chi connectivity index (χ2n) is 11.3. The van der Waals surface area contributed by atoms with E-state index in [0.29, 0.717) is 17.8 Å². The van der Waals surface area contributed by atoms with Gasteiger partial charge in [-0.05, 0) is 73.3 Å². The van der Waals surface area contributed by atoms with Gasteiger partial charge >= 0.3 is 0 Å². The molecule has 1 nitrogen and oxygen atoms in total. The number of alkyl halides is 1. The van der Waals surface area contributed by atoms with Crippen LogP contribution in [-0.4, -0.2) is 17.6 Å². The Bertz CT molecular complexity index is 1030. The van der Waals surface area contributed by atoms with Crippen molar-refractivity contribution in [2.24, 2.45) is 29.6 Å². The van der Waals surface area contributed by atoms with Crippen LogP contribution < -0.4 is 0 Å². The van der Waals surface area contributed by atoms with Crippen LogP contribution in [0.25, 0.3) is 0 Å². The lowest BCUT2D eigenvalue weighted by atomic mass is 9.51. The van der Waals surface area contributed by atoms with Crippen molar-refractivity contribution in [2.75, 3.05) is 0 Å². The van der Waals surface area contributed by atoms with Crippen LogP contribution in [0.15, 0.2) is 77.9 Å². The van der Waals surface area contributed by atoms with Gasteiger partial charge in [-0.15, -0.1) is 11.6 Å². The van der Waals surface area contributed by atoms with Gasteiger partial charge in [0, 0.05) is 11.3 Å². The standard InChI is InChI=1S/C31H35ClO/c32-27-18-8-14-23-29-26(17-9-19-28(29)33-30(23)27)31(20-10-2-1-3-11-20)24-15-6-4-12-21(24)22-13-5-7-16-25(22)31/h1-3,8-12,14,18-19,22,24-30H,4-7,13,15-17H2. The predicted octanol–water partition coefficient (Wildman–Crippen LogP) is 7.53. The normalized spacial score (nSPS) is 45.5. The van der Waals surface area contributed by atoms with Crippen molar-refractivity contribution < 1.29 is 4.74 Å². The van der Waals surface area contributed by atoms with Gasteiger partial charge in [0.25, 0.3) is 0 Å². The first kappa shape index (κ1) is 20.8. The van der Waals surface area contributed by atoms with Gasteiger partial charge in [0.05, 0.1) is 17.6 Å². The predicted molar refractivity (Wildman–Crippen MR) is 135 cm³/mol. The summed E-state index contributed by atoms with van der Waals surface area (Å²) < 4.78 is 6.67. The Morgan fingerprint density at radius 2 is 1.79 bits per heavy atom. The summed E-state index contributed by atoms with van der Waals surface area (Å²) in [7, 11) is 0. The fraction of sp³-hybridized carbons (Fsp3) is 0.548. The summed E-state index contributed by atoms with van der Waals surface area (Å²) >= 11 is 6.78. The van der Waals surface area contributed by atoms with E-state index in [0.717, 1.165) is 18.3 Å². The fourth-order valence-electron chi connectivity index (χ4n) is 9.25. The summed E-state index contributed by atoms with van der Waals surface area (Å²) in [6.45, 7) is 0.